The first-order valence-corrected chi connectivity index (χ1v) is 15.8. The SMILES string of the molecule is O=C(O)[C@@]1(OC[C@H]2O[C@@H](O[C@H]3[C@H](O)[C@@H](O)[C@H](O)O[C@@H]3CO)[C@H](O)[C@@H](O)[C@H]2O)C[C@H](O)[C@@H](N[C@@H]2O[C@H](CO)[C@@H](O)[C@H](O)[C@H]2O)[C@H]([C@H](O)[C@H](O)CO)O1. The van der Waals surface area contributed by atoms with Crippen molar-refractivity contribution in [2.24, 2.45) is 0 Å². The number of carboxylic acids is 1. The van der Waals surface area contributed by atoms with Gasteiger partial charge in [-0.3, -0.25) is 5.32 Å². The first-order chi connectivity index (χ1) is 23.9. The van der Waals surface area contributed by atoms with Crippen LogP contribution in [-0.4, -0.2) is 242 Å². The number of rotatable bonds is 13. The Morgan fingerprint density at radius 1 is 0.745 bits per heavy atom. The Hall–Kier alpha value is -1.41. The van der Waals surface area contributed by atoms with Crippen molar-refractivity contribution in [3.8, 4) is 0 Å². The molecule has 4 aliphatic heterocycles. The minimum atomic E-state index is -2.97. The molecule has 0 spiro atoms. The first-order valence-electron chi connectivity index (χ1n) is 15.8. The number of aliphatic hydroxyl groups is 15. The van der Waals surface area contributed by atoms with Gasteiger partial charge in [0.05, 0.1) is 38.6 Å². The fourth-order valence-corrected chi connectivity index (χ4v) is 6.27. The molecule has 17 N–H and O–H groups in total. The summed E-state index contributed by atoms with van der Waals surface area (Å²) < 4.78 is 32.3. The molecular formula is C27H47NO23. The molecule has 24 heteroatoms. The molecular weight excluding hydrogens is 706 g/mol. The van der Waals surface area contributed by atoms with Crippen LogP contribution in [0.2, 0.25) is 0 Å². The zero-order chi connectivity index (χ0) is 38.1. The van der Waals surface area contributed by atoms with E-state index in [9.17, 15) is 86.5 Å². The Labute approximate surface area is 287 Å². The third-order valence-electron chi connectivity index (χ3n) is 9.35. The van der Waals surface area contributed by atoms with Gasteiger partial charge in [-0.1, -0.05) is 0 Å². The highest BCUT2D eigenvalue weighted by molar-refractivity contribution is 5.76. The van der Waals surface area contributed by atoms with Gasteiger partial charge in [0.15, 0.2) is 12.6 Å². The van der Waals surface area contributed by atoms with Gasteiger partial charge in [0.25, 0.3) is 5.79 Å². The summed E-state index contributed by atoms with van der Waals surface area (Å²) in [5.41, 5.74) is 0. The molecule has 51 heavy (non-hydrogen) atoms. The van der Waals surface area contributed by atoms with Crippen molar-refractivity contribution in [3.05, 3.63) is 0 Å². The fraction of sp³-hybridized carbons (Fsp3) is 0.963. The second-order valence-electron chi connectivity index (χ2n) is 12.7. The average Bonchev–Trinajstić information content (AvgIpc) is 3.11. The maximum absolute atomic E-state index is 12.6. The Morgan fingerprint density at radius 2 is 1.35 bits per heavy atom. The molecule has 0 aromatic carbocycles. The van der Waals surface area contributed by atoms with Crippen LogP contribution < -0.4 is 5.32 Å². The van der Waals surface area contributed by atoms with E-state index in [4.69, 9.17) is 28.4 Å². The molecule has 21 atom stereocenters. The normalized spacial score (nSPS) is 49.3. The largest absolute Gasteiger partial charge is 0.477 e. The number of carbonyl (C=O) groups is 1. The minimum absolute atomic E-state index is 0.840. The molecule has 0 radical (unpaired) electrons. The number of nitrogens with one attached hydrogen (secondary N) is 1. The zero-order valence-corrected chi connectivity index (χ0v) is 26.6. The second-order valence-corrected chi connectivity index (χ2v) is 12.7. The predicted octanol–water partition coefficient (Wildman–Crippen LogP) is -11.0. The number of aliphatic carboxylic acids is 1. The van der Waals surface area contributed by atoms with Crippen LogP contribution in [0.15, 0.2) is 0 Å². The lowest BCUT2D eigenvalue weighted by molar-refractivity contribution is -0.365. The van der Waals surface area contributed by atoms with Crippen molar-refractivity contribution in [1.82, 2.24) is 5.32 Å². The lowest BCUT2D eigenvalue weighted by atomic mass is 9.87. The van der Waals surface area contributed by atoms with Crippen LogP contribution in [0.5, 0.6) is 0 Å². The van der Waals surface area contributed by atoms with Crippen LogP contribution in [0, 0.1) is 0 Å². The molecule has 4 saturated heterocycles. The van der Waals surface area contributed by atoms with E-state index >= 15 is 0 Å². The number of hydrogen-bond donors (Lipinski definition) is 17. The van der Waals surface area contributed by atoms with Gasteiger partial charge in [-0.2, -0.15) is 0 Å². The lowest BCUT2D eigenvalue weighted by Crippen LogP contribution is -2.72. The molecule has 0 bridgehead atoms. The topological polar surface area (TPSA) is 408 Å². The van der Waals surface area contributed by atoms with E-state index < -0.39 is 167 Å². The third kappa shape index (κ3) is 8.62. The Morgan fingerprint density at radius 3 is 1.94 bits per heavy atom. The highest BCUT2D eigenvalue weighted by Crippen LogP contribution is 2.36. The van der Waals surface area contributed by atoms with E-state index in [1.165, 1.54) is 0 Å². The zero-order valence-electron chi connectivity index (χ0n) is 26.6. The maximum atomic E-state index is 12.6. The van der Waals surface area contributed by atoms with Crippen molar-refractivity contribution < 1.29 is 115 Å². The van der Waals surface area contributed by atoms with Crippen molar-refractivity contribution in [1.29, 1.82) is 0 Å². The molecule has 24 nitrogen and oxygen atoms in total. The maximum Gasteiger partial charge on any atom is 0.364 e. The van der Waals surface area contributed by atoms with E-state index in [1.54, 1.807) is 0 Å². The van der Waals surface area contributed by atoms with Crippen LogP contribution in [0.3, 0.4) is 0 Å². The predicted molar refractivity (Wildman–Crippen MR) is 153 cm³/mol. The Kier molecular flexibility index (Phi) is 14.4. The minimum Gasteiger partial charge on any atom is -0.477 e. The highest BCUT2D eigenvalue weighted by Gasteiger charge is 2.58. The number of carboxylic acid groups (broad SMARTS) is 1. The summed E-state index contributed by atoms with van der Waals surface area (Å²) >= 11 is 0. The van der Waals surface area contributed by atoms with Crippen molar-refractivity contribution in [3.63, 3.8) is 0 Å². The summed E-state index contributed by atoms with van der Waals surface area (Å²) in [7, 11) is 0. The molecule has 4 heterocycles. The van der Waals surface area contributed by atoms with Crippen LogP contribution in [0.4, 0.5) is 0 Å². The lowest BCUT2D eigenvalue weighted by Gasteiger charge is -2.49. The summed E-state index contributed by atoms with van der Waals surface area (Å²) in [6.07, 6.45) is -37.0. The smallest absolute Gasteiger partial charge is 0.364 e. The molecule has 0 aromatic heterocycles. The first kappa shape index (κ1) is 42.3. The molecule has 298 valence electrons. The summed E-state index contributed by atoms with van der Waals surface area (Å²) in [4.78, 5) is 12.6. The van der Waals surface area contributed by atoms with Crippen LogP contribution in [0.1, 0.15) is 6.42 Å². The standard InChI is InChI=1S/C27H47NO23/c29-2-7(33)12(34)22-11(28-23-18(40)15(37)13(35)8(3-30)47-23)6(32)1-27(51-22,26(44)45)46-5-10-14(36)16(38)20(42)25(49-10)50-21-9(4-31)48-24(43)19(41)17(21)39/h6-25,28-43H,1-5H2,(H,44,45)/t6-,7+,8+,9+,10+,11+,12+,13+,14-,15-,16-,17+,18+,19+,20+,21+,22+,23+,24+,25-,27+/m0/s1. The average molecular weight is 754 g/mol. The van der Waals surface area contributed by atoms with E-state index in [2.05, 4.69) is 5.32 Å². The highest BCUT2D eigenvalue weighted by atomic mass is 16.8. The summed E-state index contributed by atoms with van der Waals surface area (Å²) in [6, 6.07) is -1.69. The summed E-state index contributed by atoms with van der Waals surface area (Å²) in [6.45, 7) is -3.87. The molecule has 4 rings (SSSR count). The molecule has 4 fully saturated rings. The fourth-order valence-electron chi connectivity index (χ4n) is 6.27. The van der Waals surface area contributed by atoms with Gasteiger partial charge in [0.1, 0.15) is 97.8 Å². The quantitative estimate of drug-likeness (QED) is 0.0830. The van der Waals surface area contributed by atoms with E-state index in [1.807, 2.05) is 0 Å². The number of ether oxygens (including phenoxy) is 6. The van der Waals surface area contributed by atoms with E-state index in [-0.39, 0.29) is 0 Å². The van der Waals surface area contributed by atoms with Gasteiger partial charge in [0, 0.05) is 6.42 Å². The van der Waals surface area contributed by atoms with Gasteiger partial charge in [-0.15, -0.1) is 0 Å². The molecule has 0 saturated carbocycles. The molecule has 0 aliphatic carbocycles. The second kappa shape index (κ2) is 17.4. The van der Waals surface area contributed by atoms with E-state index in [0.29, 0.717) is 0 Å². The number of aliphatic hydroxyl groups excluding tert-OH is 15. The molecule has 4 aliphatic rings. The van der Waals surface area contributed by atoms with Gasteiger partial charge in [-0.25, -0.2) is 4.79 Å². The van der Waals surface area contributed by atoms with Gasteiger partial charge < -0.3 is 110 Å². The monoisotopic (exact) mass is 753 g/mol. The summed E-state index contributed by atoms with van der Waals surface area (Å²) in [5, 5.41) is 166. The van der Waals surface area contributed by atoms with Gasteiger partial charge in [0.2, 0.25) is 0 Å². The Bertz CT molecular complexity index is 1120. The molecule has 0 amide bonds. The number of hydrogen-bond acceptors (Lipinski definition) is 23. The van der Waals surface area contributed by atoms with Crippen LogP contribution in [-0.2, 0) is 33.2 Å². The van der Waals surface area contributed by atoms with Gasteiger partial charge in [-0.05, 0) is 0 Å². The van der Waals surface area contributed by atoms with Crippen molar-refractivity contribution in [2.75, 3.05) is 26.4 Å². The Balaban J connectivity index is 1.55. The molecule has 0 aromatic rings. The van der Waals surface area contributed by atoms with Gasteiger partial charge >= 0.3 is 5.97 Å². The van der Waals surface area contributed by atoms with E-state index in [0.717, 1.165) is 0 Å². The molecule has 0 unspecified atom stereocenters. The van der Waals surface area contributed by atoms with Crippen LogP contribution in [0.25, 0.3) is 0 Å². The van der Waals surface area contributed by atoms with Crippen LogP contribution >= 0.6 is 0 Å². The summed E-state index contributed by atoms with van der Waals surface area (Å²) in [5.74, 6) is -4.92. The van der Waals surface area contributed by atoms with Crippen molar-refractivity contribution in [2.45, 2.75) is 135 Å². The third-order valence-corrected chi connectivity index (χ3v) is 9.35. The van der Waals surface area contributed by atoms with Crippen molar-refractivity contribution >= 4 is 5.97 Å².